The van der Waals surface area contributed by atoms with Crippen LogP contribution in [0.4, 0.5) is 4.39 Å². The molecule has 1 aliphatic carbocycles. The Balaban J connectivity index is 1.69. The third kappa shape index (κ3) is 4.57. The Labute approximate surface area is 147 Å². The highest BCUT2D eigenvalue weighted by Gasteiger charge is 2.35. The molecule has 25 heavy (non-hydrogen) atoms. The first-order chi connectivity index (χ1) is 12.1. The van der Waals surface area contributed by atoms with E-state index in [-0.39, 0.29) is 36.2 Å². The van der Waals surface area contributed by atoms with Gasteiger partial charge in [-0.05, 0) is 49.3 Å². The van der Waals surface area contributed by atoms with Crippen LogP contribution in [0.15, 0.2) is 24.3 Å². The van der Waals surface area contributed by atoms with E-state index in [0.29, 0.717) is 18.9 Å². The number of methoxy groups -OCH3 is 1. The quantitative estimate of drug-likeness (QED) is 0.858. The van der Waals surface area contributed by atoms with Crippen molar-refractivity contribution in [1.82, 2.24) is 10.2 Å². The number of amides is 2. The molecule has 2 fully saturated rings. The lowest BCUT2D eigenvalue weighted by atomic mass is 9.88. The number of carbonyl (C=O) groups is 2. The van der Waals surface area contributed by atoms with Gasteiger partial charge < -0.3 is 15.0 Å². The van der Waals surface area contributed by atoms with Crippen LogP contribution in [0, 0.1) is 17.7 Å². The van der Waals surface area contributed by atoms with Gasteiger partial charge in [-0.25, -0.2) is 4.39 Å². The van der Waals surface area contributed by atoms with E-state index >= 15 is 0 Å². The molecule has 1 N–H and O–H groups in total. The number of rotatable bonds is 6. The topological polar surface area (TPSA) is 58.6 Å². The maximum absolute atomic E-state index is 13.2. The molecule has 1 aromatic rings. The van der Waals surface area contributed by atoms with Crippen LogP contribution in [0.1, 0.15) is 37.3 Å². The van der Waals surface area contributed by atoms with E-state index in [1.165, 1.54) is 32.1 Å². The molecule has 1 heterocycles. The lowest BCUT2D eigenvalue weighted by molar-refractivity contribution is -0.142. The second kappa shape index (κ2) is 7.95. The van der Waals surface area contributed by atoms with Gasteiger partial charge in [0.05, 0.1) is 12.0 Å². The van der Waals surface area contributed by atoms with Crippen LogP contribution in [0.3, 0.4) is 0 Å². The SMILES string of the molecule is COCC(=O)N1CC(C(=O)NCC2CC2)CCC1c1ccc(F)cc1. The van der Waals surface area contributed by atoms with Crippen LogP contribution in [0.5, 0.6) is 0 Å². The number of hydrogen-bond donors (Lipinski definition) is 1. The van der Waals surface area contributed by atoms with E-state index < -0.39 is 0 Å². The predicted octanol–water partition coefficient (Wildman–Crippen LogP) is 2.28. The number of likely N-dealkylation sites (tertiary alicyclic amines) is 1. The molecular weight excluding hydrogens is 323 g/mol. The van der Waals surface area contributed by atoms with Gasteiger partial charge in [0.25, 0.3) is 0 Å². The van der Waals surface area contributed by atoms with Gasteiger partial charge >= 0.3 is 0 Å². The predicted molar refractivity (Wildman–Crippen MR) is 91.2 cm³/mol. The van der Waals surface area contributed by atoms with Crippen molar-refractivity contribution >= 4 is 11.8 Å². The molecule has 1 saturated heterocycles. The Hall–Kier alpha value is -1.95. The van der Waals surface area contributed by atoms with Crippen LogP contribution in [0.2, 0.25) is 0 Å². The molecule has 5 nitrogen and oxygen atoms in total. The number of ether oxygens (including phenoxy) is 1. The van der Waals surface area contributed by atoms with Crippen molar-refractivity contribution in [3.8, 4) is 0 Å². The van der Waals surface area contributed by atoms with E-state index in [0.717, 1.165) is 18.5 Å². The molecule has 0 spiro atoms. The van der Waals surface area contributed by atoms with E-state index in [1.807, 2.05) is 0 Å². The summed E-state index contributed by atoms with van der Waals surface area (Å²) >= 11 is 0. The minimum Gasteiger partial charge on any atom is -0.375 e. The molecule has 0 aromatic heterocycles. The van der Waals surface area contributed by atoms with E-state index in [4.69, 9.17) is 4.74 Å². The molecule has 1 aliphatic heterocycles. The van der Waals surface area contributed by atoms with Crippen molar-refractivity contribution in [3.05, 3.63) is 35.6 Å². The standard InChI is InChI=1S/C19H25FN2O3/c1-25-12-18(23)22-11-15(19(24)21-10-13-2-3-13)6-9-17(22)14-4-7-16(20)8-5-14/h4-5,7-8,13,15,17H,2-3,6,9-12H2,1H3,(H,21,24). The van der Waals surface area contributed by atoms with Gasteiger partial charge in [-0.2, -0.15) is 0 Å². The zero-order valence-electron chi connectivity index (χ0n) is 14.5. The number of nitrogens with one attached hydrogen (secondary N) is 1. The van der Waals surface area contributed by atoms with Gasteiger partial charge in [-0.15, -0.1) is 0 Å². The van der Waals surface area contributed by atoms with Gasteiger partial charge in [0.15, 0.2) is 0 Å². The highest BCUT2D eigenvalue weighted by Crippen LogP contribution is 2.34. The Morgan fingerprint density at radius 1 is 1.20 bits per heavy atom. The number of nitrogens with zero attached hydrogens (tertiary/aromatic N) is 1. The Morgan fingerprint density at radius 3 is 2.56 bits per heavy atom. The fraction of sp³-hybridized carbons (Fsp3) is 0.579. The fourth-order valence-electron chi connectivity index (χ4n) is 3.41. The van der Waals surface area contributed by atoms with Crippen LogP contribution in [-0.4, -0.2) is 43.5 Å². The molecule has 2 unspecified atom stereocenters. The minimum atomic E-state index is -0.299. The first-order valence-corrected chi connectivity index (χ1v) is 8.90. The normalized spacial score (nSPS) is 23.4. The largest absolute Gasteiger partial charge is 0.375 e. The maximum atomic E-state index is 13.2. The smallest absolute Gasteiger partial charge is 0.249 e. The molecule has 2 aliphatic rings. The van der Waals surface area contributed by atoms with Crippen molar-refractivity contribution in [2.24, 2.45) is 11.8 Å². The average molecular weight is 348 g/mol. The second-order valence-corrected chi connectivity index (χ2v) is 7.01. The number of halogens is 1. The Bertz CT molecular complexity index is 616. The molecule has 1 aromatic carbocycles. The molecule has 1 saturated carbocycles. The van der Waals surface area contributed by atoms with Gasteiger partial charge in [0, 0.05) is 20.2 Å². The second-order valence-electron chi connectivity index (χ2n) is 7.01. The molecule has 2 amide bonds. The summed E-state index contributed by atoms with van der Waals surface area (Å²) in [6.45, 7) is 1.09. The van der Waals surface area contributed by atoms with Crippen LogP contribution >= 0.6 is 0 Å². The molecule has 3 rings (SSSR count). The zero-order chi connectivity index (χ0) is 17.8. The van der Waals surface area contributed by atoms with Gasteiger partial charge in [-0.1, -0.05) is 12.1 Å². The van der Waals surface area contributed by atoms with E-state index in [9.17, 15) is 14.0 Å². The summed E-state index contributed by atoms with van der Waals surface area (Å²) in [4.78, 5) is 26.6. The van der Waals surface area contributed by atoms with Gasteiger partial charge in [-0.3, -0.25) is 9.59 Å². The zero-order valence-corrected chi connectivity index (χ0v) is 14.5. The maximum Gasteiger partial charge on any atom is 0.249 e. The number of carbonyl (C=O) groups excluding carboxylic acids is 2. The fourth-order valence-corrected chi connectivity index (χ4v) is 3.41. The minimum absolute atomic E-state index is 0.0197. The molecule has 2 atom stereocenters. The summed E-state index contributed by atoms with van der Waals surface area (Å²) in [6, 6.07) is 6.09. The summed E-state index contributed by atoms with van der Waals surface area (Å²) in [5.74, 6) is 0.0184. The Morgan fingerprint density at radius 2 is 1.92 bits per heavy atom. The summed E-state index contributed by atoms with van der Waals surface area (Å²) in [5.41, 5.74) is 0.891. The van der Waals surface area contributed by atoms with E-state index in [1.54, 1.807) is 17.0 Å². The highest BCUT2D eigenvalue weighted by molar-refractivity contribution is 5.82. The summed E-state index contributed by atoms with van der Waals surface area (Å²) in [5, 5.41) is 3.01. The summed E-state index contributed by atoms with van der Waals surface area (Å²) < 4.78 is 18.2. The number of hydrogen-bond acceptors (Lipinski definition) is 3. The number of piperidine rings is 1. The van der Waals surface area contributed by atoms with Crippen molar-refractivity contribution in [2.75, 3.05) is 26.8 Å². The number of benzene rings is 1. The molecule has 0 radical (unpaired) electrons. The lowest BCUT2D eigenvalue weighted by Gasteiger charge is -2.39. The molecule has 136 valence electrons. The Kier molecular flexibility index (Phi) is 5.68. The average Bonchev–Trinajstić information content (AvgIpc) is 3.44. The van der Waals surface area contributed by atoms with Crippen molar-refractivity contribution < 1.29 is 18.7 Å². The van der Waals surface area contributed by atoms with E-state index in [2.05, 4.69) is 5.32 Å². The van der Waals surface area contributed by atoms with Crippen LogP contribution < -0.4 is 5.32 Å². The monoisotopic (exact) mass is 348 g/mol. The van der Waals surface area contributed by atoms with Crippen molar-refractivity contribution in [2.45, 2.75) is 31.7 Å². The van der Waals surface area contributed by atoms with Gasteiger partial charge in [0.2, 0.25) is 11.8 Å². The third-order valence-corrected chi connectivity index (χ3v) is 5.06. The summed E-state index contributed by atoms with van der Waals surface area (Å²) in [7, 11) is 1.48. The van der Waals surface area contributed by atoms with Crippen LogP contribution in [0.25, 0.3) is 0 Å². The molecule has 0 bridgehead atoms. The first kappa shape index (κ1) is 17.9. The summed E-state index contributed by atoms with van der Waals surface area (Å²) in [6.07, 6.45) is 3.78. The first-order valence-electron chi connectivity index (χ1n) is 8.90. The van der Waals surface area contributed by atoms with Crippen molar-refractivity contribution in [1.29, 1.82) is 0 Å². The van der Waals surface area contributed by atoms with Crippen molar-refractivity contribution in [3.63, 3.8) is 0 Å². The molecule has 6 heteroatoms. The highest BCUT2D eigenvalue weighted by atomic mass is 19.1. The van der Waals surface area contributed by atoms with Gasteiger partial charge in [0.1, 0.15) is 12.4 Å². The third-order valence-electron chi connectivity index (χ3n) is 5.06. The molecular formula is C19H25FN2O3. The van der Waals surface area contributed by atoms with Crippen LogP contribution in [-0.2, 0) is 14.3 Å². The lowest BCUT2D eigenvalue weighted by Crippen LogP contribution is -2.48.